The van der Waals surface area contributed by atoms with Crippen LogP contribution >= 0.6 is 15.9 Å². The highest BCUT2D eigenvalue weighted by Crippen LogP contribution is 2.31. The fourth-order valence-corrected chi connectivity index (χ4v) is 5.70. The number of hydrogen-bond donors (Lipinski definition) is 1. The molecule has 0 amide bonds. The highest BCUT2D eigenvalue weighted by Gasteiger charge is 2.29. The van der Waals surface area contributed by atoms with Gasteiger partial charge < -0.3 is 0 Å². The van der Waals surface area contributed by atoms with Crippen molar-refractivity contribution in [2.45, 2.75) is 45.4 Å². The molecule has 0 aromatic heterocycles. The van der Waals surface area contributed by atoms with E-state index in [1.54, 1.807) is 4.31 Å². The summed E-state index contributed by atoms with van der Waals surface area (Å²) in [7, 11) is -3.28. The van der Waals surface area contributed by atoms with Crippen LogP contribution in [0.5, 0.6) is 0 Å². The average molecular weight is 367 g/mol. The molecule has 0 bridgehead atoms. The zero-order valence-corrected chi connectivity index (χ0v) is 14.8. The van der Waals surface area contributed by atoms with Crippen LogP contribution in [0.3, 0.4) is 0 Å². The predicted molar refractivity (Wildman–Crippen MR) is 86.1 cm³/mol. The second-order valence-corrected chi connectivity index (χ2v) is 8.82. The maximum atomic E-state index is 12.4. The van der Waals surface area contributed by atoms with Gasteiger partial charge in [-0.3, -0.25) is 0 Å². The Balaban J connectivity index is 1.88. The van der Waals surface area contributed by atoms with Gasteiger partial charge in [0.15, 0.2) is 0 Å². The van der Waals surface area contributed by atoms with Gasteiger partial charge in [0.2, 0.25) is 0 Å². The molecule has 1 heterocycles. The Morgan fingerprint density at radius 1 is 1.15 bits per heavy atom. The molecule has 2 aliphatic rings. The number of hydrogen-bond acceptors (Lipinski definition) is 2. The molecule has 1 saturated carbocycles. The van der Waals surface area contributed by atoms with Gasteiger partial charge in [0.25, 0.3) is 10.2 Å². The van der Waals surface area contributed by atoms with Gasteiger partial charge in [-0.25, -0.2) is 4.72 Å². The Kier molecular flexibility index (Phi) is 6.32. The van der Waals surface area contributed by atoms with Crippen LogP contribution < -0.4 is 4.72 Å². The summed E-state index contributed by atoms with van der Waals surface area (Å²) in [6, 6.07) is 0. The Labute approximate surface area is 132 Å². The smallest absolute Gasteiger partial charge is 0.202 e. The van der Waals surface area contributed by atoms with Crippen molar-refractivity contribution in [3.63, 3.8) is 0 Å². The molecule has 3 atom stereocenters. The van der Waals surface area contributed by atoms with Crippen LogP contribution in [-0.4, -0.2) is 37.7 Å². The molecule has 0 spiro atoms. The summed E-state index contributed by atoms with van der Waals surface area (Å²) in [5.74, 6) is 1.58. The molecule has 0 aromatic rings. The summed E-state index contributed by atoms with van der Waals surface area (Å²) >= 11 is 3.57. The third-order valence-corrected chi connectivity index (χ3v) is 7.13. The van der Waals surface area contributed by atoms with E-state index in [0.29, 0.717) is 37.4 Å². The van der Waals surface area contributed by atoms with E-state index in [0.717, 1.165) is 24.6 Å². The molecule has 6 heteroatoms. The van der Waals surface area contributed by atoms with Crippen molar-refractivity contribution < 1.29 is 8.42 Å². The van der Waals surface area contributed by atoms with Crippen LogP contribution in [0, 0.1) is 17.8 Å². The second-order valence-electron chi connectivity index (χ2n) is 6.42. The van der Waals surface area contributed by atoms with E-state index in [1.807, 2.05) is 0 Å². The lowest BCUT2D eigenvalue weighted by Crippen LogP contribution is -2.47. The highest BCUT2D eigenvalue weighted by atomic mass is 79.9. The van der Waals surface area contributed by atoms with Crippen LogP contribution in [0.25, 0.3) is 0 Å². The quantitative estimate of drug-likeness (QED) is 0.760. The summed E-state index contributed by atoms with van der Waals surface area (Å²) < 4.78 is 29.2. The summed E-state index contributed by atoms with van der Waals surface area (Å²) in [4.78, 5) is 0. The first kappa shape index (κ1) is 16.7. The van der Waals surface area contributed by atoms with Crippen molar-refractivity contribution in [2.75, 3.05) is 25.0 Å². The maximum Gasteiger partial charge on any atom is 0.279 e. The molecule has 118 valence electrons. The minimum atomic E-state index is -3.28. The highest BCUT2D eigenvalue weighted by molar-refractivity contribution is 9.09. The van der Waals surface area contributed by atoms with E-state index in [2.05, 4.69) is 27.6 Å². The first-order chi connectivity index (χ1) is 9.53. The fourth-order valence-electron chi connectivity index (χ4n) is 3.42. The van der Waals surface area contributed by atoms with Crippen molar-refractivity contribution in [3.05, 3.63) is 0 Å². The van der Waals surface area contributed by atoms with Crippen molar-refractivity contribution >= 4 is 26.1 Å². The molecule has 0 aromatic carbocycles. The Morgan fingerprint density at radius 3 is 2.50 bits per heavy atom. The molecule has 4 nitrogen and oxygen atoms in total. The molecule has 3 unspecified atom stereocenters. The number of halogens is 1. The molecule has 1 aliphatic carbocycles. The molecule has 1 saturated heterocycles. The zero-order chi connectivity index (χ0) is 14.6. The van der Waals surface area contributed by atoms with Gasteiger partial charge in [-0.1, -0.05) is 35.7 Å². The monoisotopic (exact) mass is 366 g/mol. The van der Waals surface area contributed by atoms with Crippen LogP contribution in [0.15, 0.2) is 0 Å². The molecule has 2 fully saturated rings. The van der Waals surface area contributed by atoms with Gasteiger partial charge in [0, 0.05) is 25.0 Å². The molecule has 20 heavy (non-hydrogen) atoms. The zero-order valence-electron chi connectivity index (χ0n) is 12.4. The van der Waals surface area contributed by atoms with Crippen LogP contribution in [0.1, 0.15) is 45.4 Å². The number of piperidine rings is 1. The largest absolute Gasteiger partial charge is 0.279 e. The summed E-state index contributed by atoms with van der Waals surface area (Å²) in [5, 5.41) is 0.986. The van der Waals surface area contributed by atoms with Crippen molar-refractivity contribution in [1.82, 2.24) is 9.03 Å². The summed E-state index contributed by atoms with van der Waals surface area (Å²) in [6.07, 6.45) is 7.00. The molecular weight excluding hydrogens is 340 g/mol. The first-order valence-electron chi connectivity index (χ1n) is 7.83. The summed E-state index contributed by atoms with van der Waals surface area (Å²) in [5.41, 5.74) is 0. The molecule has 1 aliphatic heterocycles. The maximum absolute atomic E-state index is 12.4. The lowest BCUT2D eigenvalue weighted by atomic mass is 9.80. The fraction of sp³-hybridized carbons (Fsp3) is 1.00. The van der Waals surface area contributed by atoms with E-state index in [9.17, 15) is 8.42 Å². The number of rotatable bonds is 5. The van der Waals surface area contributed by atoms with Gasteiger partial charge in [-0.2, -0.15) is 12.7 Å². The van der Waals surface area contributed by atoms with E-state index >= 15 is 0 Å². The first-order valence-corrected chi connectivity index (χ1v) is 10.4. The van der Waals surface area contributed by atoms with Gasteiger partial charge in [-0.05, 0) is 43.4 Å². The SMILES string of the molecule is CC1CCCN(S(=O)(=O)NCC2CCCCC2CBr)C1. The predicted octanol–water partition coefficient (Wildman–Crippen LogP) is 2.75. The summed E-state index contributed by atoms with van der Waals surface area (Å²) in [6.45, 7) is 4.07. The topological polar surface area (TPSA) is 49.4 Å². The third kappa shape index (κ3) is 4.42. The Bertz CT molecular complexity index is 402. The molecule has 0 radical (unpaired) electrons. The Hall–Kier alpha value is 0.350. The number of alkyl halides is 1. The lowest BCUT2D eigenvalue weighted by molar-refractivity contribution is 0.254. The molecule has 2 rings (SSSR count). The third-order valence-electron chi connectivity index (χ3n) is 4.75. The van der Waals surface area contributed by atoms with Gasteiger partial charge in [-0.15, -0.1) is 0 Å². The van der Waals surface area contributed by atoms with Crippen molar-refractivity contribution in [2.24, 2.45) is 17.8 Å². The molecular formula is C14H27BrN2O2S. The standard InChI is InChI=1S/C14H27BrN2O2S/c1-12-5-4-8-17(11-12)20(18,19)16-10-14-7-3-2-6-13(14)9-15/h12-14,16H,2-11H2,1H3. The van der Waals surface area contributed by atoms with Gasteiger partial charge in [0.1, 0.15) is 0 Å². The number of nitrogens with one attached hydrogen (secondary N) is 1. The van der Waals surface area contributed by atoms with Crippen LogP contribution in [0.4, 0.5) is 0 Å². The van der Waals surface area contributed by atoms with E-state index in [-0.39, 0.29) is 0 Å². The lowest BCUT2D eigenvalue weighted by Gasteiger charge is -2.33. The number of nitrogens with zero attached hydrogens (tertiary/aromatic N) is 1. The van der Waals surface area contributed by atoms with E-state index in [1.165, 1.54) is 19.3 Å². The minimum absolute atomic E-state index is 0.477. The van der Waals surface area contributed by atoms with E-state index in [4.69, 9.17) is 0 Å². The van der Waals surface area contributed by atoms with E-state index < -0.39 is 10.2 Å². The van der Waals surface area contributed by atoms with Crippen LogP contribution in [0.2, 0.25) is 0 Å². The Morgan fingerprint density at radius 2 is 1.85 bits per heavy atom. The van der Waals surface area contributed by atoms with Gasteiger partial charge in [0.05, 0.1) is 0 Å². The minimum Gasteiger partial charge on any atom is -0.202 e. The van der Waals surface area contributed by atoms with Crippen molar-refractivity contribution in [3.8, 4) is 0 Å². The van der Waals surface area contributed by atoms with Crippen molar-refractivity contribution in [1.29, 1.82) is 0 Å². The molecule has 1 N–H and O–H groups in total. The average Bonchev–Trinajstić information content (AvgIpc) is 2.45. The second kappa shape index (κ2) is 7.56. The van der Waals surface area contributed by atoms with Crippen LogP contribution in [-0.2, 0) is 10.2 Å². The van der Waals surface area contributed by atoms with Gasteiger partial charge >= 0.3 is 0 Å². The normalized spacial score (nSPS) is 33.2.